The number of hydrogen-bond donors (Lipinski definition) is 5. The number of amides is 1. The van der Waals surface area contributed by atoms with Crippen molar-refractivity contribution in [3.05, 3.63) is 0 Å². The maximum absolute atomic E-state index is 13.4. The minimum atomic E-state index is -1.90. The number of hydrogen-bond acceptors (Lipinski definition) is 5. The van der Waals surface area contributed by atoms with E-state index in [0.717, 1.165) is 0 Å². The molecule has 0 radical (unpaired) electrons. The second kappa shape index (κ2) is 4.84. The van der Waals surface area contributed by atoms with E-state index in [4.69, 9.17) is 5.11 Å². The fourth-order valence-corrected chi connectivity index (χ4v) is 1.58. The van der Waals surface area contributed by atoms with Crippen LogP contribution in [0.15, 0.2) is 0 Å². The third-order valence-electron chi connectivity index (χ3n) is 2.53. The zero-order valence-corrected chi connectivity index (χ0v) is 8.22. The Morgan fingerprint density at radius 2 is 2.07 bits per heavy atom. The van der Waals surface area contributed by atoms with Crippen LogP contribution in [-0.4, -0.2) is 65.3 Å². The van der Waals surface area contributed by atoms with Crippen LogP contribution >= 0.6 is 0 Å². The zero-order chi connectivity index (χ0) is 11.6. The molecule has 88 valence electrons. The molecule has 0 unspecified atom stereocenters. The monoisotopic (exact) mass is 222 g/mol. The second-order valence-corrected chi connectivity index (χ2v) is 3.47. The molecule has 0 bridgehead atoms. The van der Waals surface area contributed by atoms with E-state index in [1.165, 1.54) is 7.05 Å². The Morgan fingerprint density at radius 3 is 2.53 bits per heavy atom. The predicted molar refractivity (Wildman–Crippen MR) is 48.8 cm³/mol. The number of carbonyl (C=O) groups is 1. The first-order valence-electron chi connectivity index (χ1n) is 4.61. The lowest BCUT2D eigenvalue weighted by atomic mass is 9.91. The molecule has 5 N–H and O–H groups in total. The van der Waals surface area contributed by atoms with Crippen LogP contribution in [0.2, 0.25) is 0 Å². The Bertz CT molecular complexity index is 239. The molecule has 0 saturated carbocycles. The van der Waals surface area contributed by atoms with E-state index in [1.54, 1.807) is 0 Å². The molecule has 7 heteroatoms. The summed E-state index contributed by atoms with van der Waals surface area (Å²) in [5.74, 6) is -0.633. The average Bonchev–Trinajstić information content (AvgIpc) is 2.25. The van der Waals surface area contributed by atoms with Crippen molar-refractivity contribution in [3.63, 3.8) is 0 Å². The van der Waals surface area contributed by atoms with Gasteiger partial charge in [0.05, 0.1) is 12.6 Å². The van der Waals surface area contributed by atoms with E-state index in [-0.39, 0.29) is 0 Å². The SMILES string of the molecule is CNC(=O)[C@H]1N[C@H](CO)[C@@H](O)[C@H](O)[C@@H]1F. The lowest BCUT2D eigenvalue weighted by Gasteiger charge is -2.38. The number of nitrogens with one attached hydrogen (secondary N) is 2. The molecule has 1 fully saturated rings. The zero-order valence-electron chi connectivity index (χ0n) is 8.22. The van der Waals surface area contributed by atoms with E-state index in [2.05, 4.69) is 10.6 Å². The number of aliphatic hydroxyl groups excluding tert-OH is 3. The van der Waals surface area contributed by atoms with Gasteiger partial charge in [0.25, 0.3) is 0 Å². The number of aliphatic hydroxyl groups is 3. The largest absolute Gasteiger partial charge is 0.395 e. The number of halogens is 1. The van der Waals surface area contributed by atoms with Gasteiger partial charge in [-0.15, -0.1) is 0 Å². The molecular formula is C8H15FN2O4. The van der Waals surface area contributed by atoms with E-state index in [0.29, 0.717) is 0 Å². The van der Waals surface area contributed by atoms with Crippen LogP contribution in [0.3, 0.4) is 0 Å². The predicted octanol–water partition coefficient (Wildman–Crippen LogP) is -2.87. The summed E-state index contributed by atoms with van der Waals surface area (Å²) >= 11 is 0. The third-order valence-corrected chi connectivity index (χ3v) is 2.53. The van der Waals surface area contributed by atoms with Gasteiger partial charge in [0.1, 0.15) is 18.2 Å². The Kier molecular flexibility index (Phi) is 3.97. The number of rotatable bonds is 2. The van der Waals surface area contributed by atoms with E-state index in [1.807, 2.05) is 0 Å². The topological polar surface area (TPSA) is 102 Å². The quantitative estimate of drug-likeness (QED) is 0.345. The third kappa shape index (κ3) is 2.25. The fraction of sp³-hybridized carbons (Fsp3) is 0.875. The lowest BCUT2D eigenvalue weighted by Crippen LogP contribution is -2.68. The number of alkyl halides is 1. The van der Waals surface area contributed by atoms with Crippen molar-refractivity contribution < 1.29 is 24.5 Å². The van der Waals surface area contributed by atoms with Crippen molar-refractivity contribution in [3.8, 4) is 0 Å². The lowest BCUT2D eigenvalue weighted by molar-refractivity contribution is -0.135. The van der Waals surface area contributed by atoms with Gasteiger partial charge in [0.2, 0.25) is 5.91 Å². The molecule has 0 aromatic carbocycles. The van der Waals surface area contributed by atoms with Crippen LogP contribution < -0.4 is 10.6 Å². The molecular weight excluding hydrogens is 207 g/mol. The van der Waals surface area contributed by atoms with Crippen LogP contribution in [0.25, 0.3) is 0 Å². The van der Waals surface area contributed by atoms with E-state index < -0.39 is 43.0 Å². The first kappa shape index (κ1) is 12.3. The molecule has 1 rings (SSSR count). The molecule has 15 heavy (non-hydrogen) atoms. The van der Waals surface area contributed by atoms with Crippen molar-refractivity contribution in [2.75, 3.05) is 13.7 Å². The van der Waals surface area contributed by atoms with Gasteiger partial charge in [-0.1, -0.05) is 0 Å². The fourth-order valence-electron chi connectivity index (χ4n) is 1.58. The second-order valence-electron chi connectivity index (χ2n) is 3.47. The average molecular weight is 222 g/mol. The summed E-state index contributed by atoms with van der Waals surface area (Å²) in [4.78, 5) is 11.2. The molecule has 1 aliphatic heterocycles. The molecule has 1 heterocycles. The minimum Gasteiger partial charge on any atom is -0.395 e. The summed E-state index contributed by atoms with van der Waals surface area (Å²) < 4.78 is 13.4. The summed E-state index contributed by atoms with van der Waals surface area (Å²) in [5, 5.41) is 32.2. The van der Waals surface area contributed by atoms with Crippen molar-refractivity contribution in [1.29, 1.82) is 0 Å². The Hall–Kier alpha value is -0.760. The Morgan fingerprint density at radius 1 is 1.47 bits per heavy atom. The highest BCUT2D eigenvalue weighted by molar-refractivity contribution is 5.82. The van der Waals surface area contributed by atoms with Crippen LogP contribution in [0.4, 0.5) is 4.39 Å². The van der Waals surface area contributed by atoms with Gasteiger partial charge in [0.15, 0.2) is 6.17 Å². The molecule has 1 saturated heterocycles. The van der Waals surface area contributed by atoms with Gasteiger partial charge >= 0.3 is 0 Å². The number of likely N-dealkylation sites (N-methyl/N-ethyl adjacent to an activating group) is 1. The molecule has 5 atom stereocenters. The van der Waals surface area contributed by atoms with E-state index >= 15 is 0 Å². The summed E-state index contributed by atoms with van der Waals surface area (Å²) in [6.45, 7) is -0.488. The first-order valence-corrected chi connectivity index (χ1v) is 4.61. The minimum absolute atomic E-state index is 0.488. The van der Waals surface area contributed by atoms with Gasteiger partial charge in [-0.2, -0.15) is 0 Å². The number of piperidine rings is 1. The highest BCUT2D eigenvalue weighted by Crippen LogP contribution is 2.18. The first-order chi connectivity index (χ1) is 7.02. The van der Waals surface area contributed by atoms with Gasteiger partial charge in [-0.05, 0) is 0 Å². The summed E-state index contributed by atoms with van der Waals surface area (Å²) in [7, 11) is 1.34. The molecule has 0 aromatic rings. The molecule has 0 aromatic heterocycles. The molecule has 0 aliphatic carbocycles. The standard InChI is InChI=1S/C8H15FN2O4/c1-10-8(15)5-4(9)7(14)6(13)3(2-12)11-5/h3-7,11-14H,2H2,1H3,(H,10,15)/t3-,4-,5+,6-,7-/m1/s1. The highest BCUT2D eigenvalue weighted by Gasteiger charge is 2.45. The van der Waals surface area contributed by atoms with Crippen LogP contribution in [-0.2, 0) is 4.79 Å². The van der Waals surface area contributed by atoms with Crippen molar-refractivity contribution in [2.45, 2.75) is 30.5 Å². The van der Waals surface area contributed by atoms with Crippen molar-refractivity contribution in [2.24, 2.45) is 0 Å². The number of carbonyl (C=O) groups excluding carboxylic acids is 1. The van der Waals surface area contributed by atoms with Crippen molar-refractivity contribution in [1.82, 2.24) is 10.6 Å². The summed E-state index contributed by atoms with van der Waals surface area (Å²) in [6, 6.07) is -2.17. The van der Waals surface area contributed by atoms with Crippen LogP contribution in [0.5, 0.6) is 0 Å². The van der Waals surface area contributed by atoms with Crippen LogP contribution in [0, 0.1) is 0 Å². The maximum atomic E-state index is 13.4. The van der Waals surface area contributed by atoms with Gasteiger partial charge in [-0.25, -0.2) is 4.39 Å². The molecule has 6 nitrogen and oxygen atoms in total. The summed E-state index contributed by atoms with van der Waals surface area (Å²) in [6.07, 6.45) is -5.00. The van der Waals surface area contributed by atoms with Gasteiger partial charge < -0.3 is 20.6 Å². The van der Waals surface area contributed by atoms with Crippen LogP contribution in [0.1, 0.15) is 0 Å². The van der Waals surface area contributed by atoms with Crippen molar-refractivity contribution >= 4 is 5.91 Å². The summed E-state index contributed by atoms with van der Waals surface area (Å²) in [5.41, 5.74) is 0. The Balaban J connectivity index is 2.78. The van der Waals surface area contributed by atoms with Gasteiger partial charge in [0, 0.05) is 7.05 Å². The molecule has 1 amide bonds. The van der Waals surface area contributed by atoms with Gasteiger partial charge in [-0.3, -0.25) is 10.1 Å². The van der Waals surface area contributed by atoms with E-state index in [9.17, 15) is 19.4 Å². The molecule has 0 spiro atoms. The highest BCUT2D eigenvalue weighted by atomic mass is 19.1. The normalized spacial score (nSPS) is 41.3. The maximum Gasteiger partial charge on any atom is 0.240 e. The molecule has 1 aliphatic rings. The Labute approximate surface area is 86.1 Å². The smallest absolute Gasteiger partial charge is 0.240 e.